The van der Waals surface area contributed by atoms with E-state index in [0.717, 1.165) is 10.8 Å². The first kappa shape index (κ1) is 12.5. The zero-order valence-corrected chi connectivity index (χ0v) is 10.5. The highest BCUT2D eigenvalue weighted by Crippen LogP contribution is 2.21. The predicted molar refractivity (Wildman–Crippen MR) is 60.2 cm³/mol. The van der Waals surface area contributed by atoms with Gasteiger partial charge in [-0.15, -0.1) is 0 Å². The van der Waals surface area contributed by atoms with Crippen LogP contribution in [0.2, 0.25) is 0 Å². The molecular formula is C10H18N2O2S. The molecule has 0 aliphatic carbocycles. The molecule has 15 heavy (non-hydrogen) atoms. The van der Waals surface area contributed by atoms with Crippen molar-refractivity contribution < 1.29 is 9.84 Å². The first-order chi connectivity index (χ1) is 6.93. The fourth-order valence-electron chi connectivity index (χ4n) is 1.10. The van der Waals surface area contributed by atoms with Crippen LogP contribution >= 0.6 is 11.5 Å². The zero-order chi connectivity index (χ0) is 11.5. The van der Waals surface area contributed by atoms with Crippen molar-refractivity contribution in [3.05, 3.63) is 10.8 Å². The minimum Gasteiger partial charge on any atom is -0.390 e. The molecule has 1 atom stereocenters. The number of hydrogen-bond acceptors (Lipinski definition) is 5. The fraction of sp³-hybridized carbons (Fsp3) is 0.800. The summed E-state index contributed by atoms with van der Waals surface area (Å²) in [5.74, 6) is 0.840. The average Bonchev–Trinajstić information content (AvgIpc) is 2.52. The molecule has 1 aromatic heterocycles. The van der Waals surface area contributed by atoms with Crippen molar-refractivity contribution in [2.45, 2.75) is 38.7 Å². The standard InChI is InChI=1S/C10H18N2O2S/c1-10(2,3)9-11-8(15-12-9)5-7(13)6-14-4/h7,13H,5-6H2,1-4H3. The minimum atomic E-state index is -0.490. The van der Waals surface area contributed by atoms with E-state index in [-0.39, 0.29) is 5.41 Å². The number of rotatable bonds is 4. The van der Waals surface area contributed by atoms with Crippen molar-refractivity contribution in [2.24, 2.45) is 0 Å². The second kappa shape index (κ2) is 5.01. The molecule has 0 aliphatic rings. The highest BCUT2D eigenvalue weighted by Gasteiger charge is 2.20. The Balaban J connectivity index is 2.61. The summed E-state index contributed by atoms with van der Waals surface area (Å²) in [6.07, 6.45) is 0.0254. The third kappa shape index (κ3) is 3.85. The minimum absolute atomic E-state index is 0.0268. The van der Waals surface area contributed by atoms with Crippen LogP contribution in [0.3, 0.4) is 0 Å². The number of ether oxygens (including phenoxy) is 1. The molecule has 0 aromatic carbocycles. The maximum Gasteiger partial charge on any atom is 0.147 e. The van der Waals surface area contributed by atoms with E-state index in [4.69, 9.17) is 4.74 Å². The molecule has 0 amide bonds. The monoisotopic (exact) mass is 230 g/mol. The first-order valence-corrected chi connectivity index (χ1v) is 5.71. The van der Waals surface area contributed by atoms with Crippen molar-refractivity contribution in [3.63, 3.8) is 0 Å². The van der Waals surface area contributed by atoms with E-state index in [0.29, 0.717) is 13.0 Å². The fourth-order valence-corrected chi connectivity index (χ4v) is 2.00. The Bertz CT molecular complexity index is 307. The van der Waals surface area contributed by atoms with Crippen LogP contribution in [0.15, 0.2) is 0 Å². The van der Waals surface area contributed by atoms with Crippen molar-refractivity contribution in [1.29, 1.82) is 0 Å². The molecule has 1 heterocycles. The molecule has 0 radical (unpaired) electrons. The highest BCUT2D eigenvalue weighted by molar-refractivity contribution is 7.05. The summed E-state index contributed by atoms with van der Waals surface area (Å²) in [6.45, 7) is 6.56. The van der Waals surface area contributed by atoms with Crippen molar-refractivity contribution in [1.82, 2.24) is 9.36 Å². The molecule has 1 unspecified atom stereocenters. The number of aliphatic hydroxyl groups excluding tert-OH is 1. The van der Waals surface area contributed by atoms with Crippen LogP contribution < -0.4 is 0 Å². The van der Waals surface area contributed by atoms with E-state index in [1.54, 1.807) is 7.11 Å². The number of aromatic nitrogens is 2. The Morgan fingerprint density at radius 1 is 1.47 bits per heavy atom. The Hall–Kier alpha value is -0.520. The van der Waals surface area contributed by atoms with Crippen LogP contribution in [0.1, 0.15) is 31.6 Å². The van der Waals surface area contributed by atoms with Gasteiger partial charge in [-0.2, -0.15) is 4.37 Å². The number of methoxy groups -OCH3 is 1. The smallest absolute Gasteiger partial charge is 0.147 e. The van der Waals surface area contributed by atoms with Crippen LogP contribution in [0, 0.1) is 0 Å². The van der Waals surface area contributed by atoms with Gasteiger partial charge in [0.1, 0.15) is 10.8 Å². The molecule has 5 heteroatoms. The molecule has 0 spiro atoms. The molecule has 86 valence electrons. The largest absolute Gasteiger partial charge is 0.390 e. The van der Waals surface area contributed by atoms with Crippen LogP contribution in [-0.4, -0.2) is 34.3 Å². The van der Waals surface area contributed by atoms with Gasteiger partial charge in [-0.1, -0.05) is 20.8 Å². The molecule has 0 bridgehead atoms. The van der Waals surface area contributed by atoms with Gasteiger partial charge >= 0.3 is 0 Å². The van der Waals surface area contributed by atoms with E-state index in [1.165, 1.54) is 11.5 Å². The van der Waals surface area contributed by atoms with E-state index in [9.17, 15) is 5.11 Å². The Morgan fingerprint density at radius 3 is 2.60 bits per heavy atom. The quantitative estimate of drug-likeness (QED) is 0.849. The van der Waals surface area contributed by atoms with Gasteiger partial charge in [-0.3, -0.25) is 0 Å². The van der Waals surface area contributed by atoms with Crippen LogP contribution in [0.4, 0.5) is 0 Å². The summed E-state index contributed by atoms with van der Waals surface area (Å²) in [6, 6.07) is 0. The second-order valence-corrected chi connectivity index (χ2v) is 5.41. The molecule has 1 aromatic rings. The SMILES string of the molecule is COCC(O)Cc1nc(C(C)(C)C)ns1. The molecule has 1 N–H and O–H groups in total. The van der Waals surface area contributed by atoms with Crippen LogP contribution in [0.25, 0.3) is 0 Å². The lowest BCUT2D eigenvalue weighted by Crippen LogP contribution is -2.17. The summed E-state index contributed by atoms with van der Waals surface area (Å²) in [7, 11) is 1.57. The lowest BCUT2D eigenvalue weighted by atomic mass is 9.96. The summed E-state index contributed by atoms with van der Waals surface area (Å²) >= 11 is 1.35. The number of hydrogen-bond donors (Lipinski definition) is 1. The molecule has 0 aliphatic heterocycles. The maximum absolute atomic E-state index is 9.53. The van der Waals surface area contributed by atoms with Gasteiger partial charge in [0.15, 0.2) is 0 Å². The van der Waals surface area contributed by atoms with E-state index in [2.05, 4.69) is 30.1 Å². The van der Waals surface area contributed by atoms with E-state index >= 15 is 0 Å². The lowest BCUT2D eigenvalue weighted by molar-refractivity contribution is 0.0649. The summed E-state index contributed by atoms with van der Waals surface area (Å²) < 4.78 is 9.14. The molecule has 0 fully saturated rings. The predicted octanol–water partition coefficient (Wildman–Crippen LogP) is 1.39. The van der Waals surface area contributed by atoms with Gasteiger partial charge in [0.2, 0.25) is 0 Å². The zero-order valence-electron chi connectivity index (χ0n) is 9.65. The third-order valence-electron chi connectivity index (χ3n) is 1.91. The van der Waals surface area contributed by atoms with E-state index in [1.807, 2.05) is 0 Å². The van der Waals surface area contributed by atoms with Gasteiger partial charge in [-0.05, 0) is 11.5 Å². The third-order valence-corrected chi connectivity index (χ3v) is 2.64. The summed E-state index contributed by atoms with van der Waals surface area (Å²) in [5.41, 5.74) is -0.0268. The van der Waals surface area contributed by atoms with Gasteiger partial charge in [-0.25, -0.2) is 4.98 Å². The first-order valence-electron chi connectivity index (χ1n) is 4.93. The van der Waals surface area contributed by atoms with Gasteiger partial charge in [0, 0.05) is 18.9 Å². The van der Waals surface area contributed by atoms with Crippen molar-refractivity contribution >= 4 is 11.5 Å². The Labute approximate surface area is 94.5 Å². The normalized spacial score (nSPS) is 14.2. The number of aliphatic hydroxyl groups is 1. The van der Waals surface area contributed by atoms with Crippen LogP contribution in [-0.2, 0) is 16.6 Å². The van der Waals surface area contributed by atoms with E-state index < -0.39 is 6.10 Å². The van der Waals surface area contributed by atoms with Crippen LogP contribution in [0.5, 0.6) is 0 Å². The van der Waals surface area contributed by atoms with Gasteiger partial charge in [0.25, 0.3) is 0 Å². The lowest BCUT2D eigenvalue weighted by Gasteiger charge is -2.12. The van der Waals surface area contributed by atoms with Crippen molar-refractivity contribution in [2.75, 3.05) is 13.7 Å². The van der Waals surface area contributed by atoms with Gasteiger partial charge < -0.3 is 9.84 Å². The molecular weight excluding hydrogens is 212 g/mol. The number of nitrogens with zero attached hydrogens (tertiary/aromatic N) is 2. The molecule has 1 rings (SSSR count). The molecule has 0 saturated heterocycles. The summed E-state index contributed by atoms with van der Waals surface area (Å²) in [4.78, 5) is 4.40. The molecule has 0 saturated carbocycles. The van der Waals surface area contributed by atoms with Gasteiger partial charge in [0.05, 0.1) is 12.7 Å². The van der Waals surface area contributed by atoms with Crippen molar-refractivity contribution in [3.8, 4) is 0 Å². The topological polar surface area (TPSA) is 55.2 Å². The summed E-state index contributed by atoms with van der Waals surface area (Å²) in [5, 5.41) is 10.4. The Kier molecular flexibility index (Phi) is 4.19. The highest BCUT2D eigenvalue weighted by atomic mass is 32.1. The average molecular weight is 230 g/mol. The second-order valence-electron chi connectivity index (χ2n) is 4.58. The molecule has 4 nitrogen and oxygen atoms in total. The maximum atomic E-state index is 9.53. The Morgan fingerprint density at radius 2 is 2.13 bits per heavy atom.